The van der Waals surface area contributed by atoms with E-state index in [0.29, 0.717) is 21.9 Å². The smallest absolute Gasteiger partial charge is 0.143 e. The molecule has 4 rings (SSSR count). The van der Waals surface area contributed by atoms with Crippen molar-refractivity contribution >= 4 is 28.6 Å². The number of rotatable bonds is 4. The van der Waals surface area contributed by atoms with Gasteiger partial charge in [0, 0.05) is 5.56 Å². The quantitative estimate of drug-likeness (QED) is 0.489. The molecule has 0 unspecified atom stereocenters. The molecule has 0 radical (unpaired) electrons. The highest BCUT2D eigenvalue weighted by Gasteiger charge is 2.20. The summed E-state index contributed by atoms with van der Waals surface area (Å²) in [5, 5.41) is 20.0. The van der Waals surface area contributed by atoms with E-state index >= 15 is 0 Å². The number of hydrogen-bond donors (Lipinski definition) is 2. The Morgan fingerprint density at radius 3 is 2.41 bits per heavy atom. The molecule has 4 aromatic rings. The van der Waals surface area contributed by atoms with Crippen LogP contribution in [0.2, 0.25) is 0 Å². The van der Waals surface area contributed by atoms with Crippen molar-refractivity contribution in [1.82, 2.24) is 15.0 Å². The molecule has 0 saturated heterocycles. The average Bonchev–Trinajstić information content (AvgIpc) is 3.15. The number of H-pyrrole nitrogens is 1. The number of pyridine rings is 1. The maximum absolute atomic E-state index is 9.86. The first-order chi connectivity index (χ1) is 14.1. The van der Waals surface area contributed by atoms with Gasteiger partial charge in [-0.25, -0.2) is 9.97 Å². The van der Waals surface area contributed by atoms with Gasteiger partial charge in [0.05, 0.1) is 22.3 Å². The van der Waals surface area contributed by atoms with Crippen LogP contribution in [0.1, 0.15) is 22.5 Å². The maximum atomic E-state index is 9.86. The fourth-order valence-electron chi connectivity index (χ4n) is 3.12. The summed E-state index contributed by atoms with van der Waals surface area (Å²) in [5.74, 6) is 1.39. The minimum Gasteiger partial charge on any atom is -0.383 e. The minimum absolute atomic E-state index is 0.120. The molecule has 0 fully saturated rings. The zero-order valence-electron chi connectivity index (χ0n) is 15.6. The lowest BCUT2D eigenvalue weighted by molar-refractivity contribution is 1.09. The Labute approximate surface area is 172 Å². The topological polar surface area (TPSA) is 115 Å². The van der Waals surface area contributed by atoms with E-state index < -0.39 is 0 Å². The van der Waals surface area contributed by atoms with Gasteiger partial charge >= 0.3 is 0 Å². The number of hydrogen-bond acceptors (Lipinski definition) is 6. The highest BCUT2D eigenvalue weighted by molar-refractivity contribution is 7.98. The average molecular weight is 396 g/mol. The lowest BCUT2D eigenvalue weighted by atomic mass is 9.96. The molecule has 0 aliphatic carbocycles. The third-order valence-electron chi connectivity index (χ3n) is 4.54. The second-order valence-corrected chi connectivity index (χ2v) is 7.47. The molecule has 0 saturated carbocycles. The fourth-order valence-corrected chi connectivity index (χ4v) is 3.99. The van der Waals surface area contributed by atoms with Crippen molar-refractivity contribution in [2.45, 2.75) is 17.7 Å². The number of nitriles is 2. The number of aromatic nitrogens is 3. The van der Waals surface area contributed by atoms with E-state index in [9.17, 15) is 10.5 Å². The summed E-state index contributed by atoms with van der Waals surface area (Å²) in [4.78, 5) is 12.2. The van der Waals surface area contributed by atoms with Crippen LogP contribution in [0.25, 0.3) is 22.2 Å². The van der Waals surface area contributed by atoms with Gasteiger partial charge in [-0.2, -0.15) is 10.5 Å². The molecule has 2 aromatic heterocycles. The molecule has 0 aliphatic rings. The summed E-state index contributed by atoms with van der Waals surface area (Å²) in [7, 11) is 0. The number of nitrogens with two attached hydrogens (primary N) is 1. The van der Waals surface area contributed by atoms with E-state index in [1.807, 2.05) is 55.5 Å². The van der Waals surface area contributed by atoms with E-state index in [2.05, 4.69) is 27.1 Å². The third kappa shape index (κ3) is 3.52. The number of thioether (sulfide) groups is 1. The number of nitrogens with one attached hydrogen (secondary N) is 1. The third-order valence-corrected chi connectivity index (χ3v) is 5.53. The monoisotopic (exact) mass is 396 g/mol. The lowest BCUT2D eigenvalue weighted by Gasteiger charge is -2.13. The summed E-state index contributed by atoms with van der Waals surface area (Å²) in [5.41, 5.74) is 10.9. The molecular weight excluding hydrogens is 380 g/mol. The second-order valence-electron chi connectivity index (χ2n) is 6.51. The number of fused-ring (bicyclic) bond motifs is 1. The number of para-hydroxylation sites is 2. The number of benzene rings is 2. The molecule has 29 heavy (non-hydrogen) atoms. The predicted molar refractivity (Wildman–Crippen MR) is 114 cm³/mol. The van der Waals surface area contributed by atoms with Crippen molar-refractivity contribution in [3.63, 3.8) is 0 Å². The van der Waals surface area contributed by atoms with Crippen molar-refractivity contribution in [3.8, 4) is 23.3 Å². The Kier molecular flexibility index (Phi) is 4.90. The number of aryl methyl sites for hydroxylation is 1. The van der Waals surface area contributed by atoms with Crippen molar-refractivity contribution in [1.29, 1.82) is 10.5 Å². The van der Waals surface area contributed by atoms with E-state index in [1.165, 1.54) is 11.8 Å². The minimum atomic E-state index is 0.120. The zero-order valence-corrected chi connectivity index (χ0v) is 16.4. The van der Waals surface area contributed by atoms with Crippen LogP contribution < -0.4 is 5.73 Å². The maximum Gasteiger partial charge on any atom is 0.143 e. The Morgan fingerprint density at radius 1 is 1.00 bits per heavy atom. The lowest BCUT2D eigenvalue weighted by Crippen LogP contribution is -2.03. The van der Waals surface area contributed by atoms with Gasteiger partial charge in [0.15, 0.2) is 0 Å². The largest absolute Gasteiger partial charge is 0.383 e. The van der Waals surface area contributed by atoms with Crippen LogP contribution in [0, 0.1) is 29.6 Å². The van der Waals surface area contributed by atoms with Crippen molar-refractivity contribution < 1.29 is 0 Å². The zero-order chi connectivity index (χ0) is 20.4. The molecule has 0 aliphatic heterocycles. The van der Waals surface area contributed by atoms with Gasteiger partial charge in [0.25, 0.3) is 0 Å². The van der Waals surface area contributed by atoms with Gasteiger partial charge in [-0.1, -0.05) is 53.7 Å². The molecule has 3 N–H and O–H groups in total. The fraction of sp³-hybridized carbons (Fsp3) is 0.0909. The van der Waals surface area contributed by atoms with Gasteiger partial charge in [-0.15, -0.1) is 0 Å². The van der Waals surface area contributed by atoms with Gasteiger partial charge in [0.2, 0.25) is 0 Å². The molecule has 0 amide bonds. The molecule has 0 atom stereocenters. The Hall–Kier alpha value is -3.81. The SMILES string of the molecule is Cc1ccc(-c2c(C#N)c(N)nc(SCc3nc4ccccc4[nH]3)c2C#N)cc1. The Bertz CT molecular complexity index is 1260. The predicted octanol–water partition coefficient (Wildman–Crippen LogP) is 4.55. The van der Waals surface area contributed by atoms with E-state index in [-0.39, 0.29) is 11.4 Å². The molecule has 2 heterocycles. The number of nitrogens with zero attached hydrogens (tertiary/aromatic N) is 4. The van der Waals surface area contributed by atoms with Crippen LogP contribution in [-0.2, 0) is 5.75 Å². The van der Waals surface area contributed by atoms with Gasteiger partial charge in [0.1, 0.15) is 34.4 Å². The summed E-state index contributed by atoms with van der Waals surface area (Å²) in [6.07, 6.45) is 0. The first-order valence-electron chi connectivity index (χ1n) is 8.88. The first-order valence-corrected chi connectivity index (χ1v) is 9.86. The Morgan fingerprint density at radius 2 is 1.72 bits per heavy atom. The molecule has 0 spiro atoms. The second kappa shape index (κ2) is 7.67. The number of nitrogen functional groups attached to an aromatic ring is 1. The van der Waals surface area contributed by atoms with Crippen LogP contribution in [0.3, 0.4) is 0 Å². The summed E-state index contributed by atoms with van der Waals surface area (Å²) < 4.78 is 0. The van der Waals surface area contributed by atoms with Crippen molar-refractivity contribution in [3.05, 3.63) is 71.0 Å². The first kappa shape index (κ1) is 18.5. The molecule has 7 heteroatoms. The van der Waals surface area contributed by atoms with E-state index in [4.69, 9.17) is 5.73 Å². The molecule has 2 aromatic carbocycles. The van der Waals surface area contributed by atoms with Gasteiger partial charge in [-0.3, -0.25) is 0 Å². The highest BCUT2D eigenvalue weighted by atomic mass is 32.2. The van der Waals surface area contributed by atoms with Gasteiger partial charge < -0.3 is 10.7 Å². The number of aromatic amines is 1. The normalized spacial score (nSPS) is 10.6. The summed E-state index contributed by atoms with van der Waals surface area (Å²) in [6, 6.07) is 19.8. The molecule has 6 nitrogen and oxygen atoms in total. The Balaban J connectivity index is 1.76. The standard InChI is InChI=1S/C22H16N6S/c1-13-6-8-14(9-7-13)20-15(10-23)21(25)28-22(16(20)11-24)29-12-19-26-17-4-2-3-5-18(17)27-19/h2-9H,12H2,1H3,(H2,25,28)(H,26,27). The molecule has 0 bridgehead atoms. The van der Waals surface area contributed by atoms with Gasteiger partial charge in [-0.05, 0) is 24.6 Å². The summed E-state index contributed by atoms with van der Waals surface area (Å²) in [6.45, 7) is 1.98. The van der Waals surface area contributed by atoms with Crippen molar-refractivity contribution in [2.75, 3.05) is 5.73 Å². The highest BCUT2D eigenvalue weighted by Crippen LogP contribution is 2.36. The van der Waals surface area contributed by atoms with Crippen LogP contribution >= 0.6 is 11.8 Å². The van der Waals surface area contributed by atoms with Crippen LogP contribution in [0.4, 0.5) is 5.82 Å². The van der Waals surface area contributed by atoms with Crippen LogP contribution in [0.5, 0.6) is 0 Å². The van der Waals surface area contributed by atoms with E-state index in [0.717, 1.165) is 28.0 Å². The number of anilines is 1. The summed E-state index contributed by atoms with van der Waals surface area (Å²) >= 11 is 1.37. The van der Waals surface area contributed by atoms with Crippen molar-refractivity contribution in [2.24, 2.45) is 0 Å². The van der Waals surface area contributed by atoms with E-state index in [1.54, 1.807) is 0 Å². The van der Waals surface area contributed by atoms with Crippen LogP contribution in [0.15, 0.2) is 53.6 Å². The number of imidazole rings is 1. The molecular formula is C22H16N6S. The molecule has 140 valence electrons. The van der Waals surface area contributed by atoms with Crippen LogP contribution in [-0.4, -0.2) is 15.0 Å².